The van der Waals surface area contributed by atoms with Crippen LogP contribution in [0.5, 0.6) is 0 Å². The Labute approximate surface area is 92.0 Å². The molecule has 1 aliphatic rings. The molecule has 0 spiro atoms. The van der Waals surface area contributed by atoms with Crippen LogP contribution in [-0.2, 0) is 9.53 Å². The molecule has 0 saturated heterocycles. The predicted molar refractivity (Wildman–Crippen MR) is 61.5 cm³/mol. The van der Waals surface area contributed by atoms with Gasteiger partial charge in [0.05, 0.1) is 5.92 Å². The Hall–Kier alpha value is -1.05. The Bertz CT molecular complexity index is 243. The first-order valence-electron chi connectivity index (χ1n) is 5.76. The van der Waals surface area contributed by atoms with Crippen molar-refractivity contribution in [3.05, 3.63) is 24.8 Å². The highest BCUT2D eigenvalue weighted by Crippen LogP contribution is 2.20. The van der Waals surface area contributed by atoms with E-state index < -0.39 is 0 Å². The lowest BCUT2D eigenvalue weighted by molar-refractivity contribution is -0.152. The molecule has 0 fully saturated rings. The largest absolute Gasteiger partial charge is 0.458 e. The van der Waals surface area contributed by atoms with Crippen molar-refractivity contribution in [3.63, 3.8) is 0 Å². The van der Waals surface area contributed by atoms with Crippen LogP contribution in [0.25, 0.3) is 0 Å². The Morgan fingerprint density at radius 1 is 1.67 bits per heavy atom. The lowest BCUT2D eigenvalue weighted by atomic mass is 10.0. The summed E-state index contributed by atoms with van der Waals surface area (Å²) in [6, 6.07) is 0. The van der Waals surface area contributed by atoms with E-state index in [4.69, 9.17) is 4.74 Å². The smallest absolute Gasteiger partial charge is 0.309 e. The number of hydrogen-bond donors (Lipinski definition) is 0. The standard InChI is InChI=1S/C13H20O2/c1-3-12(4-2)15-13(14)11-9-7-5-6-8-10-11/h3,5,7,11-12H,1,4,6,8-10H2,2H3. The average molecular weight is 208 g/mol. The van der Waals surface area contributed by atoms with E-state index >= 15 is 0 Å². The van der Waals surface area contributed by atoms with Crippen molar-refractivity contribution < 1.29 is 9.53 Å². The van der Waals surface area contributed by atoms with E-state index in [-0.39, 0.29) is 18.0 Å². The van der Waals surface area contributed by atoms with Crippen LogP contribution in [0.15, 0.2) is 24.8 Å². The third-order valence-corrected chi connectivity index (χ3v) is 2.78. The van der Waals surface area contributed by atoms with Gasteiger partial charge in [-0.05, 0) is 32.1 Å². The summed E-state index contributed by atoms with van der Waals surface area (Å²) < 4.78 is 5.35. The van der Waals surface area contributed by atoms with Gasteiger partial charge in [0.25, 0.3) is 0 Å². The van der Waals surface area contributed by atoms with Gasteiger partial charge < -0.3 is 4.74 Å². The number of carbonyl (C=O) groups is 1. The van der Waals surface area contributed by atoms with Crippen molar-refractivity contribution in [1.82, 2.24) is 0 Å². The first kappa shape index (κ1) is 12.0. The summed E-state index contributed by atoms with van der Waals surface area (Å²) in [7, 11) is 0. The quantitative estimate of drug-likeness (QED) is 0.523. The van der Waals surface area contributed by atoms with Gasteiger partial charge in [-0.25, -0.2) is 0 Å². The molecular formula is C13H20O2. The first-order valence-corrected chi connectivity index (χ1v) is 5.76. The summed E-state index contributed by atoms with van der Waals surface area (Å²) in [5.41, 5.74) is 0. The highest BCUT2D eigenvalue weighted by atomic mass is 16.5. The van der Waals surface area contributed by atoms with Crippen molar-refractivity contribution in [3.8, 4) is 0 Å². The van der Waals surface area contributed by atoms with Crippen LogP contribution in [0.2, 0.25) is 0 Å². The topological polar surface area (TPSA) is 26.3 Å². The zero-order valence-corrected chi connectivity index (χ0v) is 9.45. The summed E-state index contributed by atoms with van der Waals surface area (Å²) in [6.07, 6.45) is 10.6. The van der Waals surface area contributed by atoms with Crippen LogP contribution in [0, 0.1) is 5.92 Å². The second-order valence-corrected chi connectivity index (χ2v) is 3.95. The molecule has 1 rings (SSSR count). The molecule has 0 aromatic heterocycles. The Morgan fingerprint density at radius 3 is 3.13 bits per heavy atom. The van der Waals surface area contributed by atoms with Crippen molar-refractivity contribution >= 4 is 5.97 Å². The maximum absolute atomic E-state index is 11.8. The van der Waals surface area contributed by atoms with Crippen molar-refractivity contribution in [2.75, 3.05) is 0 Å². The van der Waals surface area contributed by atoms with Crippen molar-refractivity contribution in [2.24, 2.45) is 5.92 Å². The molecule has 2 atom stereocenters. The fourth-order valence-corrected chi connectivity index (χ4v) is 1.74. The molecule has 2 heteroatoms. The van der Waals surface area contributed by atoms with Gasteiger partial charge in [0, 0.05) is 0 Å². The Kier molecular flexibility index (Phi) is 5.16. The van der Waals surface area contributed by atoms with Crippen molar-refractivity contribution in [1.29, 1.82) is 0 Å². The molecule has 0 heterocycles. The van der Waals surface area contributed by atoms with Gasteiger partial charge in [-0.1, -0.05) is 31.7 Å². The fourth-order valence-electron chi connectivity index (χ4n) is 1.74. The molecule has 1 aliphatic carbocycles. The van der Waals surface area contributed by atoms with Gasteiger partial charge in [0.2, 0.25) is 0 Å². The van der Waals surface area contributed by atoms with Gasteiger partial charge in [0.15, 0.2) is 0 Å². The second-order valence-electron chi connectivity index (χ2n) is 3.95. The summed E-state index contributed by atoms with van der Waals surface area (Å²) >= 11 is 0. The van der Waals surface area contributed by atoms with Gasteiger partial charge in [-0.3, -0.25) is 4.79 Å². The minimum absolute atomic E-state index is 0.0535. The lowest BCUT2D eigenvalue weighted by Gasteiger charge is -2.17. The van der Waals surface area contributed by atoms with Crippen molar-refractivity contribution in [2.45, 2.75) is 45.1 Å². The third kappa shape index (κ3) is 3.90. The SMILES string of the molecule is C=CC(CC)OC(=O)C1CC=CCCC1. The molecule has 2 nitrogen and oxygen atoms in total. The van der Waals surface area contributed by atoms with E-state index in [0.29, 0.717) is 0 Å². The van der Waals surface area contributed by atoms with E-state index in [2.05, 4.69) is 18.7 Å². The molecule has 15 heavy (non-hydrogen) atoms. The molecule has 0 amide bonds. The normalized spacial score (nSPS) is 22.9. The summed E-state index contributed by atoms with van der Waals surface area (Å²) in [4.78, 5) is 11.8. The van der Waals surface area contributed by atoms with Crippen LogP contribution in [-0.4, -0.2) is 12.1 Å². The monoisotopic (exact) mass is 208 g/mol. The zero-order chi connectivity index (χ0) is 11.1. The molecule has 0 aromatic carbocycles. The maximum atomic E-state index is 11.8. The van der Waals surface area contributed by atoms with Crippen LogP contribution in [0.1, 0.15) is 39.0 Å². The number of ether oxygens (including phenoxy) is 1. The molecule has 2 unspecified atom stereocenters. The minimum atomic E-state index is -0.121. The minimum Gasteiger partial charge on any atom is -0.458 e. The van der Waals surface area contributed by atoms with E-state index in [1.165, 1.54) is 0 Å². The van der Waals surface area contributed by atoms with Crippen LogP contribution < -0.4 is 0 Å². The van der Waals surface area contributed by atoms with Gasteiger partial charge in [0.1, 0.15) is 6.10 Å². The summed E-state index contributed by atoms with van der Waals surface area (Å²) in [5, 5.41) is 0. The lowest BCUT2D eigenvalue weighted by Crippen LogP contribution is -2.22. The van der Waals surface area contributed by atoms with Crippen LogP contribution >= 0.6 is 0 Å². The molecule has 0 N–H and O–H groups in total. The predicted octanol–water partition coefficient (Wildman–Crippen LogP) is 3.24. The first-order chi connectivity index (χ1) is 7.27. The Balaban J connectivity index is 2.44. The van der Waals surface area contributed by atoms with Gasteiger partial charge >= 0.3 is 5.97 Å². The molecule has 0 aromatic rings. The number of rotatable bonds is 4. The highest BCUT2D eigenvalue weighted by Gasteiger charge is 2.21. The van der Waals surface area contributed by atoms with E-state index in [1.807, 2.05) is 6.92 Å². The van der Waals surface area contributed by atoms with Crippen LogP contribution in [0.4, 0.5) is 0 Å². The van der Waals surface area contributed by atoms with Gasteiger partial charge in [-0.15, -0.1) is 0 Å². The maximum Gasteiger partial charge on any atom is 0.309 e. The molecule has 0 saturated carbocycles. The molecule has 0 aliphatic heterocycles. The van der Waals surface area contributed by atoms with Crippen LogP contribution in [0.3, 0.4) is 0 Å². The highest BCUT2D eigenvalue weighted by molar-refractivity contribution is 5.73. The average Bonchev–Trinajstić information content (AvgIpc) is 2.54. The number of hydrogen-bond acceptors (Lipinski definition) is 2. The molecular weight excluding hydrogens is 188 g/mol. The number of esters is 1. The summed E-state index contributed by atoms with van der Waals surface area (Å²) in [5.74, 6) is -0.00829. The number of allylic oxidation sites excluding steroid dienone is 2. The Morgan fingerprint density at radius 2 is 2.47 bits per heavy atom. The number of carbonyl (C=O) groups excluding carboxylic acids is 1. The summed E-state index contributed by atoms with van der Waals surface area (Å²) in [6.45, 7) is 5.65. The second kappa shape index (κ2) is 6.44. The molecule has 84 valence electrons. The zero-order valence-electron chi connectivity index (χ0n) is 9.45. The van der Waals surface area contributed by atoms with E-state index in [9.17, 15) is 4.79 Å². The van der Waals surface area contributed by atoms with E-state index in [1.54, 1.807) is 6.08 Å². The van der Waals surface area contributed by atoms with Gasteiger partial charge in [-0.2, -0.15) is 0 Å². The molecule has 0 bridgehead atoms. The fraction of sp³-hybridized carbons (Fsp3) is 0.615. The third-order valence-electron chi connectivity index (χ3n) is 2.78. The van der Waals surface area contributed by atoms with E-state index in [0.717, 1.165) is 32.1 Å². The molecule has 0 radical (unpaired) electrons.